The van der Waals surface area contributed by atoms with Crippen molar-refractivity contribution in [2.75, 3.05) is 0 Å². The Bertz CT molecular complexity index is 853. The molecule has 0 bridgehead atoms. The van der Waals surface area contributed by atoms with E-state index in [1.165, 1.54) is 24.2 Å². The van der Waals surface area contributed by atoms with E-state index in [0.29, 0.717) is 18.2 Å². The van der Waals surface area contributed by atoms with Crippen molar-refractivity contribution < 1.29 is 14.1 Å². The lowest BCUT2D eigenvalue weighted by Crippen LogP contribution is -2.23. The Morgan fingerprint density at radius 2 is 2.19 bits per heavy atom. The second kappa shape index (κ2) is 7.70. The molecular formula is C19H19N3O3S. The van der Waals surface area contributed by atoms with E-state index < -0.39 is 0 Å². The normalized spacial score (nSPS) is 14.5. The van der Waals surface area contributed by atoms with E-state index in [1.807, 2.05) is 29.6 Å². The van der Waals surface area contributed by atoms with E-state index in [1.54, 1.807) is 12.3 Å². The summed E-state index contributed by atoms with van der Waals surface area (Å²) in [5.41, 5.74) is 1.17. The molecule has 26 heavy (non-hydrogen) atoms. The van der Waals surface area contributed by atoms with Gasteiger partial charge in [0.25, 0.3) is 5.91 Å². The molecule has 1 aliphatic carbocycles. The molecule has 1 N–H and O–H groups in total. The number of nitrogens with one attached hydrogen (secondary N) is 1. The number of carbonyl (C=O) groups excluding carboxylic acids is 1. The van der Waals surface area contributed by atoms with Gasteiger partial charge in [0.2, 0.25) is 5.88 Å². The molecule has 6 nitrogen and oxygen atoms in total. The minimum Gasteiger partial charge on any atom is -0.474 e. The van der Waals surface area contributed by atoms with E-state index in [0.717, 1.165) is 23.3 Å². The zero-order valence-corrected chi connectivity index (χ0v) is 15.0. The molecule has 1 aliphatic rings. The number of thiophene rings is 1. The number of hydrogen-bond acceptors (Lipinski definition) is 6. The van der Waals surface area contributed by atoms with Crippen molar-refractivity contribution in [1.82, 2.24) is 15.5 Å². The van der Waals surface area contributed by atoms with Gasteiger partial charge in [0.1, 0.15) is 6.10 Å². The molecule has 3 aromatic rings. The summed E-state index contributed by atoms with van der Waals surface area (Å²) in [6.07, 6.45) is 6.67. The molecule has 7 heteroatoms. The Hall–Kier alpha value is -2.67. The number of pyridine rings is 1. The lowest BCUT2D eigenvalue weighted by molar-refractivity contribution is 0.0942. The van der Waals surface area contributed by atoms with Crippen LogP contribution >= 0.6 is 11.3 Å². The fourth-order valence-corrected chi connectivity index (χ4v) is 3.63. The highest BCUT2D eigenvalue weighted by molar-refractivity contribution is 7.13. The number of amides is 1. The van der Waals surface area contributed by atoms with Crippen LogP contribution in [0.15, 0.2) is 46.4 Å². The summed E-state index contributed by atoms with van der Waals surface area (Å²) in [6, 6.07) is 9.27. The monoisotopic (exact) mass is 369 g/mol. The number of ether oxygens (including phenoxy) is 1. The summed E-state index contributed by atoms with van der Waals surface area (Å²) in [7, 11) is 0. The smallest absolute Gasteiger partial charge is 0.273 e. The summed E-state index contributed by atoms with van der Waals surface area (Å²) in [4.78, 5) is 17.5. The van der Waals surface area contributed by atoms with Crippen LogP contribution in [0.25, 0.3) is 10.6 Å². The molecule has 3 aromatic heterocycles. The molecule has 1 amide bonds. The fourth-order valence-electron chi connectivity index (χ4n) is 2.95. The Labute approximate surface area is 155 Å². The number of carbonyl (C=O) groups is 1. The second-order valence-electron chi connectivity index (χ2n) is 6.27. The van der Waals surface area contributed by atoms with Crippen molar-refractivity contribution in [2.24, 2.45) is 0 Å². The predicted octanol–water partition coefficient (Wildman–Crippen LogP) is 4.05. The van der Waals surface area contributed by atoms with E-state index in [2.05, 4.69) is 15.5 Å². The Morgan fingerprint density at radius 3 is 2.92 bits per heavy atom. The Balaban J connectivity index is 1.31. The van der Waals surface area contributed by atoms with Gasteiger partial charge in [0.15, 0.2) is 11.5 Å². The van der Waals surface area contributed by atoms with E-state index >= 15 is 0 Å². The maximum Gasteiger partial charge on any atom is 0.273 e. The van der Waals surface area contributed by atoms with Gasteiger partial charge in [0.05, 0.1) is 4.88 Å². The fraction of sp³-hybridized carbons (Fsp3) is 0.316. The van der Waals surface area contributed by atoms with Gasteiger partial charge >= 0.3 is 0 Å². The summed E-state index contributed by atoms with van der Waals surface area (Å²) in [5.74, 6) is 0.965. The Kier molecular flexibility index (Phi) is 4.97. The molecule has 0 saturated heterocycles. The van der Waals surface area contributed by atoms with Gasteiger partial charge in [-0.25, -0.2) is 4.98 Å². The molecule has 3 heterocycles. The van der Waals surface area contributed by atoms with Crippen LogP contribution in [-0.4, -0.2) is 22.2 Å². The van der Waals surface area contributed by atoms with Gasteiger partial charge in [-0.05, 0) is 42.7 Å². The predicted molar refractivity (Wildman–Crippen MR) is 98.1 cm³/mol. The third kappa shape index (κ3) is 3.94. The minimum absolute atomic E-state index is 0.266. The van der Waals surface area contributed by atoms with Crippen LogP contribution in [0, 0.1) is 0 Å². The topological polar surface area (TPSA) is 77.2 Å². The van der Waals surface area contributed by atoms with E-state index in [-0.39, 0.29) is 17.7 Å². The van der Waals surface area contributed by atoms with Crippen LogP contribution in [-0.2, 0) is 6.54 Å². The molecule has 0 atom stereocenters. The second-order valence-corrected chi connectivity index (χ2v) is 7.21. The summed E-state index contributed by atoms with van der Waals surface area (Å²) < 4.78 is 11.1. The molecule has 4 rings (SSSR count). The minimum atomic E-state index is -0.275. The summed E-state index contributed by atoms with van der Waals surface area (Å²) >= 11 is 1.54. The van der Waals surface area contributed by atoms with Crippen molar-refractivity contribution in [3.63, 3.8) is 0 Å². The van der Waals surface area contributed by atoms with Gasteiger partial charge in [-0.15, -0.1) is 11.3 Å². The largest absolute Gasteiger partial charge is 0.474 e. The first-order chi connectivity index (χ1) is 12.8. The van der Waals surface area contributed by atoms with E-state index in [4.69, 9.17) is 9.26 Å². The average molecular weight is 369 g/mol. The van der Waals surface area contributed by atoms with Crippen molar-refractivity contribution in [3.05, 3.63) is 53.2 Å². The molecular weight excluding hydrogens is 350 g/mol. The zero-order chi connectivity index (χ0) is 17.8. The number of aromatic nitrogens is 2. The van der Waals surface area contributed by atoms with Gasteiger partial charge in [-0.3, -0.25) is 4.79 Å². The maximum absolute atomic E-state index is 12.2. The van der Waals surface area contributed by atoms with Gasteiger partial charge in [-0.1, -0.05) is 17.3 Å². The van der Waals surface area contributed by atoms with Crippen LogP contribution in [0.2, 0.25) is 0 Å². The standard InChI is InChI=1S/C19H19N3O3S/c23-19(15-10-16(25-22-15)17-6-3-9-26-17)21-12-13-7-8-18(20-11-13)24-14-4-1-2-5-14/h3,6-11,14H,1-2,4-5,12H2,(H,21,23). The first-order valence-corrected chi connectivity index (χ1v) is 9.56. The summed E-state index contributed by atoms with van der Waals surface area (Å²) in [5, 5.41) is 8.62. The van der Waals surface area contributed by atoms with Gasteiger partial charge in [0, 0.05) is 24.9 Å². The van der Waals surface area contributed by atoms with Crippen LogP contribution in [0.3, 0.4) is 0 Å². The highest BCUT2D eigenvalue weighted by Gasteiger charge is 2.17. The highest BCUT2D eigenvalue weighted by Crippen LogP contribution is 2.25. The van der Waals surface area contributed by atoms with Gasteiger partial charge < -0.3 is 14.6 Å². The molecule has 0 aliphatic heterocycles. The number of nitrogens with zero attached hydrogens (tertiary/aromatic N) is 2. The van der Waals surface area contributed by atoms with Crippen LogP contribution in [0.5, 0.6) is 5.88 Å². The molecule has 0 unspecified atom stereocenters. The lowest BCUT2D eigenvalue weighted by atomic mass is 10.2. The maximum atomic E-state index is 12.2. The van der Waals surface area contributed by atoms with Crippen molar-refractivity contribution in [3.8, 4) is 16.5 Å². The van der Waals surface area contributed by atoms with Crippen LogP contribution < -0.4 is 10.1 Å². The third-order valence-corrected chi connectivity index (χ3v) is 5.23. The third-order valence-electron chi connectivity index (χ3n) is 4.35. The number of hydrogen-bond donors (Lipinski definition) is 1. The van der Waals surface area contributed by atoms with Crippen LogP contribution in [0.1, 0.15) is 41.7 Å². The first-order valence-electron chi connectivity index (χ1n) is 8.68. The molecule has 1 saturated carbocycles. The average Bonchev–Trinajstić information content (AvgIpc) is 3.42. The molecule has 0 aromatic carbocycles. The number of rotatable bonds is 6. The van der Waals surface area contributed by atoms with Crippen LogP contribution in [0.4, 0.5) is 0 Å². The quantitative estimate of drug-likeness (QED) is 0.709. The van der Waals surface area contributed by atoms with Crippen molar-refractivity contribution >= 4 is 17.2 Å². The molecule has 0 radical (unpaired) electrons. The van der Waals surface area contributed by atoms with Crippen molar-refractivity contribution in [1.29, 1.82) is 0 Å². The molecule has 134 valence electrons. The molecule has 0 spiro atoms. The summed E-state index contributed by atoms with van der Waals surface area (Å²) in [6.45, 7) is 0.372. The molecule has 1 fully saturated rings. The van der Waals surface area contributed by atoms with E-state index in [9.17, 15) is 4.79 Å². The Morgan fingerprint density at radius 1 is 1.31 bits per heavy atom. The van der Waals surface area contributed by atoms with Gasteiger partial charge in [-0.2, -0.15) is 0 Å². The zero-order valence-electron chi connectivity index (χ0n) is 14.2. The lowest BCUT2D eigenvalue weighted by Gasteiger charge is -2.12. The van der Waals surface area contributed by atoms with Crippen molar-refractivity contribution in [2.45, 2.75) is 38.3 Å². The first kappa shape index (κ1) is 16.8. The SMILES string of the molecule is O=C(NCc1ccc(OC2CCCC2)nc1)c1cc(-c2cccs2)on1. The highest BCUT2D eigenvalue weighted by atomic mass is 32.1.